The summed E-state index contributed by atoms with van der Waals surface area (Å²) in [6.45, 7) is 5.49. The van der Waals surface area contributed by atoms with Crippen molar-refractivity contribution in [3.05, 3.63) is 41.5 Å². The number of hydrogen-bond acceptors (Lipinski definition) is 4. The van der Waals surface area contributed by atoms with Crippen molar-refractivity contribution >= 4 is 28.2 Å². The predicted octanol–water partition coefficient (Wildman–Crippen LogP) is 4.10. The van der Waals surface area contributed by atoms with Crippen LogP contribution in [0.5, 0.6) is 0 Å². The van der Waals surface area contributed by atoms with Crippen LogP contribution in [-0.2, 0) is 9.53 Å². The number of esters is 1. The Kier molecular flexibility index (Phi) is 4.98. The first-order valence-electron chi connectivity index (χ1n) is 7.03. The Labute approximate surface area is 134 Å². The van der Waals surface area contributed by atoms with E-state index in [1.165, 1.54) is 18.4 Å². The van der Waals surface area contributed by atoms with Crippen LogP contribution in [0.3, 0.4) is 0 Å². The topological polar surface area (TPSA) is 55.4 Å². The first-order chi connectivity index (χ1) is 10.5. The molecule has 1 heterocycles. The molecular weight excluding hydrogens is 298 g/mol. The molecule has 1 aromatic heterocycles. The van der Waals surface area contributed by atoms with Gasteiger partial charge in [0.2, 0.25) is 5.91 Å². The Morgan fingerprint density at radius 3 is 2.36 bits per heavy atom. The quantitative estimate of drug-likeness (QED) is 0.864. The van der Waals surface area contributed by atoms with Crippen LogP contribution in [0, 0.1) is 12.8 Å². The number of ether oxygens (including phenoxy) is 1. The zero-order valence-electron chi connectivity index (χ0n) is 13.1. The minimum atomic E-state index is -0.435. The first-order valence-corrected chi connectivity index (χ1v) is 7.85. The van der Waals surface area contributed by atoms with E-state index in [0.29, 0.717) is 10.6 Å². The lowest BCUT2D eigenvalue weighted by Gasteiger charge is -2.07. The van der Waals surface area contributed by atoms with Crippen LogP contribution in [-0.4, -0.2) is 19.0 Å². The molecule has 0 fully saturated rings. The van der Waals surface area contributed by atoms with E-state index in [1.807, 2.05) is 51.1 Å². The summed E-state index contributed by atoms with van der Waals surface area (Å²) in [5.74, 6) is -0.714. The van der Waals surface area contributed by atoms with Crippen LogP contribution >= 0.6 is 11.3 Å². The van der Waals surface area contributed by atoms with Crippen molar-refractivity contribution in [1.82, 2.24) is 0 Å². The maximum absolute atomic E-state index is 12.1. The zero-order chi connectivity index (χ0) is 16.3. The molecular formula is C17H19NO3S. The summed E-state index contributed by atoms with van der Waals surface area (Å²) >= 11 is 1.40. The third kappa shape index (κ3) is 3.20. The highest BCUT2D eigenvalue weighted by atomic mass is 32.1. The van der Waals surface area contributed by atoms with Gasteiger partial charge in [-0.2, -0.15) is 0 Å². The molecule has 0 unspecified atom stereocenters. The van der Waals surface area contributed by atoms with Gasteiger partial charge in [0.25, 0.3) is 0 Å². The number of methoxy groups -OCH3 is 1. The highest BCUT2D eigenvalue weighted by Gasteiger charge is 2.24. The molecule has 1 amide bonds. The zero-order valence-corrected chi connectivity index (χ0v) is 13.9. The molecule has 2 aromatic rings. The fraction of sp³-hybridized carbons (Fsp3) is 0.294. The standard InChI is InChI=1S/C17H19NO3S/c1-10(2)15(19)18-16-13(17(20)21-4)11(3)14(22-16)12-8-6-5-7-9-12/h5-10H,1-4H3,(H,18,19). The summed E-state index contributed by atoms with van der Waals surface area (Å²) in [5, 5.41) is 3.38. The van der Waals surface area contributed by atoms with Crippen LogP contribution in [0.25, 0.3) is 10.4 Å². The fourth-order valence-electron chi connectivity index (χ4n) is 2.07. The van der Waals surface area contributed by atoms with Gasteiger partial charge in [-0.15, -0.1) is 11.3 Å². The molecule has 0 saturated heterocycles. The van der Waals surface area contributed by atoms with E-state index in [2.05, 4.69) is 5.32 Å². The largest absolute Gasteiger partial charge is 0.465 e. The number of rotatable bonds is 4. The maximum Gasteiger partial charge on any atom is 0.341 e. The van der Waals surface area contributed by atoms with Gasteiger partial charge in [0.1, 0.15) is 5.00 Å². The maximum atomic E-state index is 12.1. The van der Waals surface area contributed by atoms with Gasteiger partial charge >= 0.3 is 5.97 Å². The molecule has 0 aliphatic rings. The first kappa shape index (κ1) is 16.2. The van der Waals surface area contributed by atoms with E-state index in [1.54, 1.807) is 0 Å². The lowest BCUT2D eigenvalue weighted by Crippen LogP contribution is -2.18. The van der Waals surface area contributed by atoms with Gasteiger partial charge in [0.05, 0.1) is 12.7 Å². The highest BCUT2D eigenvalue weighted by molar-refractivity contribution is 7.20. The van der Waals surface area contributed by atoms with Crippen molar-refractivity contribution < 1.29 is 14.3 Å². The van der Waals surface area contributed by atoms with Gasteiger partial charge in [0.15, 0.2) is 0 Å². The summed E-state index contributed by atoms with van der Waals surface area (Å²) in [6.07, 6.45) is 0. The molecule has 0 atom stereocenters. The number of anilines is 1. The van der Waals surface area contributed by atoms with Crippen LogP contribution < -0.4 is 5.32 Å². The smallest absolute Gasteiger partial charge is 0.341 e. The van der Waals surface area contributed by atoms with Crippen LogP contribution in [0.15, 0.2) is 30.3 Å². The normalized spacial score (nSPS) is 10.6. The Morgan fingerprint density at radius 2 is 1.82 bits per heavy atom. The molecule has 0 saturated carbocycles. The second kappa shape index (κ2) is 6.75. The minimum absolute atomic E-state index is 0.119. The van der Waals surface area contributed by atoms with Gasteiger partial charge in [-0.1, -0.05) is 44.2 Å². The average molecular weight is 317 g/mol. The van der Waals surface area contributed by atoms with Crippen LogP contribution in [0.2, 0.25) is 0 Å². The highest BCUT2D eigenvalue weighted by Crippen LogP contribution is 2.40. The molecule has 0 aliphatic carbocycles. The molecule has 4 nitrogen and oxygen atoms in total. The van der Waals surface area contributed by atoms with Crippen molar-refractivity contribution in [2.75, 3.05) is 12.4 Å². The molecule has 0 spiro atoms. The minimum Gasteiger partial charge on any atom is -0.465 e. The van der Waals surface area contributed by atoms with E-state index in [4.69, 9.17) is 4.74 Å². The van der Waals surface area contributed by atoms with Crippen LogP contribution in [0.4, 0.5) is 5.00 Å². The average Bonchev–Trinajstić information content (AvgIpc) is 2.83. The van der Waals surface area contributed by atoms with Crippen molar-refractivity contribution in [3.8, 4) is 10.4 Å². The van der Waals surface area contributed by atoms with Crippen molar-refractivity contribution in [3.63, 3.8) is 0 Å². The lowest BCUT2D eigenvalue weighted by atomic mass is 10.1. The molecule has 1 N–H and O–H groups in total. The molecule has 0 radical (unpaired) electrons. The number of hydrogen-bond donors (Lipinski definition) is 1. The number of carbonyl (C=O) groups excluding carboxylic acids is 2. The van der Waals surface area contributed by atoms with Gasteiger partial charge < -0.3 is 10.1 Å². The van der Waals surface area contributed by atoms with E-state index in [9.17, 15) is 9.59 Å². The summed E-state index contributed by atoms with van der Waals surface area (Å²) in [7, 11) is 1.34. The lowest BCUT2D eigenvalue weighted by molar-refractivity contribution is -0.118. The van der Waals surface area contributed by atoms with Crippen LogP contribution in [0.1, 0.15) is 29.8 Å². The number of thiophene rings is 1. The third-order valence-corrected chi connectivity index (χ3v) is 4.59. The van der Waals surface area contributed by atoms with Gasteiger partial charge in [0, 0.05) is 10.8 Å². The molecule has 116 valence electrons. The van der Waals surface area contributed by atoms with Crippen molar-refractivity contribution in [1.29, 1.82) is 0 Å². The molecule has 0 bridgehead atoms. The molecule has 22 heavy (non-hydrogen) atoms. The summed E-state index contributed by atoms with van der Waals surface area (Å²) in [6, 6.07) is 9.79. The summed E-state index contributed by atoms with van der Waals surface area (Å²) in [4.78, 5) is 25.0. The number of benzene rings is 1. The molecule has 0 aliphatic heterocycles. The second-order valence-electron chi connectivity index (χ2n) is 5.26. The summed E-state index contributed by atoms with van der Waals surface area (Å²) < 4.78 is 4.87. The second-order valence-corrected chi connectivity index (χ2v) is 6.28. The third-order valence-electron chi connectivity index (χ3n) is 3.33. The Morgan fingerprint density at radius 1 is 1.18 bits per heavy atom. The predicted molar refractivity (Wildman–Crippen MR) is 89.3 cm³/mol. The van der Waals surface area contributed by atoms with E-state index in [0.717, 1.165) is 16.0 Å². The fourth-order valence-corrected chi connectivity index (χ4v) is 3.27. The number of nitrogens with one attached hydrogen (secondary N) is 1. The molecule has 1 aromatic carbocycles. The van der Waals surface area contributed by atoms with E-state index < -0.39 is 5.97 Å². The Bertz CT molecular complexity index is 689. The summed E-state index contributed by atoms with van der Waals surface area (Å²) in [5.41, 5.74) is 2.27. The van der Waals surface area contributed by atoms with E-state index >= 15 is 0 Å². The Hall–Kier alpha value is -2.14. The van der Waals surface area contributed by atoms with Crippen molar-refractivity contribution in [2.24, 2.45) is 5.92 Å². The van der Waals surface area contributed by atoms with Crippen molar-refractivity contribution in [2.45, 2.75) is 20.8 Å². The van der Waals surface area contributed by atoms with Gasteiger partial charge in [-0.05, 0) is 18.1 Å². The number of amides is 1. The SMILES string of the molecule is COC(=O)c1c(NC(=O)C(C)C)sc(-c2ccccc2)c1C. The molecule has 5 heteroatoms. The number of carbonyl (C=O) groups is 2. The van der Waals surface area contributed by atoms with E-state index in [-0.39, 0.29) is 11.8 Å². The van der Waals surface area contributed by atoms with Gasteiger partial charge in [-0.25, -0.2) is 4.79 Å². The molecule has 2 rings (SSSR count). The van der Waals surface area contributed by atoms with Gasteiger partial charge in [-0.3, -0.25) is 4.79 Å². The monoisotopic (exact) mass is 317 g/mol. The Balaban J connectivity index is 2.52.